The third kappa shape index (κ3) is 3.89. The van der Waals surface area contributed by atoms with Crippen LogP contribution in [0.2, 0.25) is 15.1 Å². The fraction of sp³-hybridized carbons (Fsp3) is 0.0714. The third-order valence-corrected chi connectivity index (χ3v) is 3.93. The predicted octanol–water partition coefficient (Wildman–Crippen LogP) is 5.77. The number of carbonyl (C=O) groups is 1. The van der Waals surface area contributed by atoms with Crippen molar-refractivity contribution in [3.63, 3.8) is 0 Å². The van der Waals surface area contributed by atoms with Crippen molar-refractivity contribution >= 4 is 56.7 Å². The monoisotopic (exact) mass is 392 g/mol. The van der Waals surface area contributed by atoms with Crippen LogP contribution in [0, 0.1) is 0 Å². The number of ether oxygens (including phenoxy) is 1. The highest BCUT2D eigenvalue weighted by atomic mass is 79.9. The van der Waals surface area contributed by atoms with Crippen LogP contribution in [-0.4, -0.2) is 5.97 Å². The molecule has 6 heteroatoms. The first-order valence-electron chi connectivity index (χ1n) is 5.53. The molecule has 0 aliphatic carbocycles. The van der Waals surface area contributed by atoms with Gasteiger partial charge in [0.1, 0.15) is 6.61 Å². The molecule has 0 aromatic heterocycles. The van der Waals surface area contributed by atoms with Crippen molar-refractivity contribution < 1.29 is 9.53 Å². The summed E-state index contributed by atoms with van der Waals surface area (Å²) in [5, 5.41) is 1.31. The number of rotatable bonds is 3. The van der Waals surface area contributed by atoms with E-state index in [0.29, 0.717) is 26.2 Å². The van der Waals surface area contributed by atoms with Crippen LogP contribution in [0.15, 0.2) is 40.9 Å². The van der Waals surface area contributed by atoms with E-state index < -0.39 is 5.97 Å². The summed E-state index contributed by atoms with van der Waals surface area (Å²) in [6.45, 7) is 0.0533. The maximum Gasteiger partial charge on any atom is 0.340 e. The van der Waals surface area contributed by atoms with Crippen LogP contribution in [0.4, 0.5) is 0 Å². The summed E-state index contributed by atoms with van der Waals surface area (Å²) in [7, 11) is 0. The highest BCUT2D eigenvalue weighted by Gasteiger charge is 2.13. The van der Waals surface area contributed by atoms with Gasteiger partial charge in [0.05, 0.1) is 10.6 Å². The van der Waals surface area contributed by atoms with Crippen LogP contribution in [-0.2, 0) is 11.3 Å². The largest absolute Gasteiger partial charge is 0.457 e. The van der Waals surface area contributed by atoms with Gasteiger partial charge >= 0.3 is 5.97 Å². The van der Waals surface area contributed by atoms with Gasteiger partial charge in [0.2, 0.25) is 0 Å². The van der Waals surface area contributed by atoms with E-state index in [1.165, 1.54) is 0 Å². The Balaban J connectivity index is 2.10. The molecule has 2 rings (SSSR count). The summed E-state index contributed by atoms with van der Waals surface area (Å²) in [6, 6.07) is 9.96. The quantitative estimate of drug-likeness (QED) is 0.618. The van der Waals surface area contributed by atoms with Crippen LogP contribution in [0.5, 0.6) is 0 Å². The molecular weight excluding hydrogens is 386 g/mol. The van der Waals surface area contributed by atoms with E-state index in [1.54, 1.807) is 36.4 Å². The summed E-state index contributed by atoms with van der Waals surface area (Å²) in [5.74, 6) is -0.512. The number of esters is 1. The van der Waals surface area contributed by atoms with Crippen molar-refractivity contribution in [3.05, 3.63) is 67.1 Å². The maximum absolute atomic E-state index is 12.0. The molecular formula is C14H8BrCl3O2. The topological polar surface area (TPSA) is 26.3 Å². The Bertz CT molecular complexity index is 659. The van der Waals surface area contributed by atoms with Crippen molar-refractivity contribution in [2.24, 2.45) is 0 Å². The lowest BCUT2D eigenvalue weighted by atomic mass is 10.2. The van der Waals surface area contributed by atoms with Gasteiger partial charge in [-0.15, -0.1) is 0 Å². The number of hydrogen-bond acceptors (Lipinski definition) is 2. The zero-order chi connectivity index (χ0) is 14.7. The summed E-state index contributed by atoms with van der Waals surface area (Å²) < 4.78 is 5.95. The van der Waals surface area contributed by atoms with Gasteiger partial charge in [-0.1, -0.05) is 56.8 Å². The minimum Gasteiger partial charge on any atom is -0.457 e. The van der Waals surface area contributed by atoms with E-state index in [2.05, 4.69) is 15.9 Å². The zero-order valence-corrected chi connectivity index (χ0v) is 13.9. The van der Waals surface area contributed by atoms with Gasteiger partial charge in [-0.3, -0.25) is 0 Å². The third-order valence-electron chi connectivity index (χ3n) is 2.52. The second-order valence-electron chi connectivity index (χ2n) is 3.94. The molecule has 0 amide bonds. The number of carbonyl (C=O) groups excluding carboxylic acids is 1. The average molecular weight is 394 g/mol. The normalized spacial score (nSPS) is 10.4. The fourth-order valence-electron chi connectivity index (χ4n) is 1.51. The minimum absolute atomic E-state index is 0.0533. The molecule has 0 atom stereocenters. The van der Waals surface area contributed by atoms with E-state index in [-0.39, 0.29) is 6.61 Å². The van der Waals surface area contributed by atoms with E-state index in [0.717, 1.165) is 4.47 Å². The maximum atomic E-state index is 12.0. The Hall–Kier alpha value is -0.740. The molecule has 0 saturated heterocycles. The summed E-state index contributed by atoms with van der Waals surface area (Å²) in [6.07, 6.45) is 0. The lowest BCUT2D eigenvalue weighted by molar-refractivity contribution is 0.0473. The van der Waals surface area contributed by atoms with Gasteiger partial charge in [0.15, 0.2) is 0 Å². The molecule has 20 heavy (non-hydrogen) atoms. The Morgan fingerprint density at radius 2 is 1.80 bits per heavy atom. The van der Waals surface area contributed by atoms with E-state index in [4.69, 9.17) is 39.5 Å². The molecule has 0 aliphatic heterocycles. The van der Waals surface area contributed by atoms with Crippen LogP contribution in [0.1, 0.15) is 15.9 Å². The minimum atomic E-state index is -0.512. The Labute approximate surface area is 139 Å². The van der Waals surface area contributed by atoms with Gasteiger partial charge in [0.25, 0.3) is 0 Å². The Kier molecular flexibility index (Phi) is 5.33. The Morgan fingerprint density at radius 1 is 1.05 bits per heavy atom. The van der Waals surface area contributed by atoms with E-state index in [1.807, 2.05) is 0 Å². The zero-order valence-electron chi connectivity index (χ0n) is 10.00. The molecule has 0 radical (unpaired) electrons. The van der Waals surface area contributed by atoms with Gasteiger partial charge < -0.3 is 4.74 Å². The summed E-state index contributed by atoms with van der Waals surface area (Å²) >= 11 is 21.0. The smallest absolute Gasteiger partial charge is 0.340 e. The van der Waals surface area contributed by atoms with Crippen molar-refractivity contribution in [2.75, 3.05) is 0 Å². The number of benzene rings is 2. The second-order valence-corrected chi connectivity index (χ2v) is 6.10. The van der Waals surface area contributed by atoms with Gasteiger partial charge in [-0.2, -0.15) is 0 Å². The van der Waals surface area contributed by atoms with Gasteiger partial charge in [-0.05, 0) is 30.3 Å². The van der Waals surface area contributed by atoms with E-state index >= 15 is 0 Å². The lowest BCUT2D eigenvalue weighted by Gasteiger charge is -2.08. The molecule has 0 fully saturated rings. The first kappa shape index (κ1) is 15.6. The molecule has 0 bridgehead atoms. The standard InChI is InChI=1S/C14H8BrCl3O2/c15-9-2-4-12(17)11(5-9)14(19)20-7-8-1-3-10(16)6-13(8)18/h1-6H,7H2. The molecule has 0 aliphatic rings. The molecule has 2 aromatic carbocycles. The van der Waals surface area contributed by atoms with Crippen LogP contribution >= 0.6 is 50.7 Å². The van der Waals surface area contributed by atoms with Crippen molar-refractivity contribution in [1.82, 2.24) is 0 Å². The predicted molar refractivity (Wildman–Crippen MR) is 84.7 cm³/mol. The summed E-state index contributed by atoms with van der Waals surface area (Å²) in [5.41, 5.74) is 0.974. The van der Waals surface area contributed by atoms with Crippen molar-refractivity contribution in [3.8, 4) is 0 Å². The molecule has 2 nitrogen and oxygen atoms in total. The van der Waals surface area contributed by atoms with E-state index in [9.17, 15) is 4.79 Å². The van der Waals surface area contributed by atoms with Gasteiger partial charge in [0, 0.05) is 20.1 Å². The number of hydrogen-bond donors (Lipinski definition) is 0. The van der Waals surface area contributed by atoms with Crippen LogP contribution in [0.3, 0.4) is 0 Å². The molecule has 0 heterocycles. The Morgan fingerprint density at radius 3 is 2.50 bits per heavy atom. The average Bonchev–Trinajstić information content (AvgIpc) is 2.40. The van der Waals surface area contributed by atoms with Crippen LogP contribution < -0.4 is 0 Å². The molecule has 0 unspecified atom stereocenters. The number of halogens is 4. The SMILES string of the molecule is O=C(OCc1ccc(Cl)cc1Cl)c1cc(Br)ccc1Cl. The van der Waals surface area contributed by atoms with Gasteiger partial charge in [-0.25, -0.2) is 4.79 Å². The first-order chi connectivity index (χ1) is 9.47. The van der Waals surface area contributed by atoms with Crippen molar-refractivity contribution in [2.45, 2.75) is 6.61 Å². The highest BCUT2D eigenvalue weighted by molar-refractivity contribution is 9.10. The second kappa shape index (κ2) is 6.81. The molecule has 2 aromatic rings. The van der Waals surface area contributed by atoms with Crippen molar-refractivity contribution in [1.29, 1.82) is 0 Å². The lowest BCUT2D eigenvalue weighted by Crippen LogP contribution is -2.06. The molecule has 0 spiro atoms. The van der Waals surface area contributed by atoms with Crippen LogP contribution in [0.25, 0.3) is 0 Å². The highest BCUT2D eigenvalue weighted by Crippen LogP contribution is 2.24. The first-order valence-corrected chi connectivity index (χ1v) is 7.46. The summed E-state index contributed by atoms with van der Waals surface area (Å²) in [4.78, 5) is 12.0. The molecule has 104 valence electrons. The fourth-order valence-corrected chi connectivity index (χ4v) is 2.53. The molecule has 0 saturated carbocycles. The molecule has 0 N–H and O–H groups in total.